The summed E-state index contributed by atoms with van der Waals surface area (Å²) in [5.74, 6) is 1.80. The Balaban J connectivity index is 1.66. The second-order valence-corrected chi connectivity index (χ2v) is 5.06. The summed E-state index contributed by atoms with van der Waals surface area (Å²) >= 11 is 0. The Bertz CT molecular complexity index is 577. The molecule has 2 heterocycles. The number of benzene rings is 1. The third kappa shape index (κ3) is 3.49. The Labute approximate surface area is 124 Å². The van der Waals surface area contributed by atoms with E-state index in [1.165, 1.54) is 5.56 Å². The fourth-order valence-electron chi connectivity index (χ4n) is 2.57. The van der Waals surface area contributed by atoms with Crippen LogP contribution in [0.2, 0.25) is 0 Å². The largest absolute Gasteiger partial charge is 0.497 e. The SMILES string of the molecule is COc1cccc(CC2CN(c3cnccn3)CCO2)c1. The first-order valence-electron chi connectivity index (χ1n) is 7.10. The van der Waals surface area contributed by atoms with Crippen molar-refractivity contribution >= 4 is 5.82 Å². The maximum absolute atomic E-state index is 5.88. The molecule has 1 atom stereocenters. The van der Waals surface area contributed by atoms with Gasteiger partial charge in [-0.25, -0.2) is 4.98 Å². The highest BCUT2D eigenvalue weighted by molar-refractivity contribution is 5.36. The molecule has 1 aliphatic rings. The fourth-order valence-corrected chi connectivity index (χ4v) is 2.57. The van der Waals surface area contributed by atoms with E-state index in [2.05, 4.69) is 27.0 Å². The number of anilines is 1. The summed E-state index contributed by atoms with van der Waals surface area (Å²) < 4.78 is 11.1. The average Bonchev–Trinajstić information content (AvgIpc) is 2.56. The number of ether oxygens (including phenoxy) is 2. The maximum atomic E-state index is 5.88. The minimum atomic E-state index is 0.160. The highest BCUT2D eigenvalue weighted by Gasteiger charge is 2.21. The Morgan fingerprint density at radius 2 is 2.33 bits per heavy atom. The average molecular weight is 285 g/mol. The van der Waals surface area contributed by atoms with Gasteiger partial charge >= 0.3 is 0 Å². The molecular formula is C16H19N3O2. The van der Waals surface area contributed by atoms with Crippen molar-refractivity contribution < 1.29 is 9.47 Å². The molecule has 1 fully saturated rings. The first kappa shape index (κ1) is 13.8. The van der Waals surface area contributed by atoms with Gasteiger partial charge in [0, 0.05) is 31.9 Å². The fraction of sp³-hybridized carbons (Fsp3) is 0.375. The molecule has 5 nitrogen and oxygen atoms in total. The zero-order valence-electron chi connectivity index (χ0n) is 12.1. The number of rotatable bonds is 4. The molecule has 1 saturated heterocycles. The van der Waals surface area contributed by atoms with Crippen LogP contribution in [0.1, 0.15) is 5.56 Å². The van der Waals surface area contributed by atoms with Gasteiger partial charge in [-0.1, -0.05) is 12.1 Å². The quantitative estimate of drug-likeness (QED) is 0.859. The summed E-state index contributed by atoms with van der Waals surface area (Å²) in [6.45, 7) is 2.40. The summed E-state index contributed by atoms with van der Waals surface area (Å²) in [6.07, 6.45) is 6.24. The minimum absolute atomic E-state index is 0.160. The smallest absolute Gasteiger partial charge is 0.147 e. The monoisotopic (exact) mass is 285 g/mol. The van der Waals surface area contributed by atoms with Gasteiger partial charge in [0.2, 0.25) is 0 Å². The maximum Gasteiger partial charge on any atom is 0.147 e. The van der Waals surface area contributed by atoms with E-state index in [0.717, 1.165) is 31.1 Å². The van der Waals surface area contributed by atoms with Crippen LogP contribution in [0.4, 0.5) is 5.82 Å². The Hall–Kier alpha value is -2.14. The molecule has 1 aliphatic heterocycles. The molecule has 21 heavy (non-hydrogen) atoms. The second kappa shape index (κ2) is 6.54. The molecule has 0 spiro atoms. The number of nitrogens with zero attached hydrogens (tertiary/aromatic N) is 3. The minimum Gasteiger partial charge on any atom is -0.497 e. The van der Waals surface area contributed by atoms with Gasteiger partial charge in [0.15, 0.2) is 0 Å². The van der Waals surface area contributed by atoms with Gasteiger partial charge in [-0.2, -0.15) is 0 Å². The van der Waals surface area contributed by atoms with Crippen molar-refractivity contribution in [3.8, 4) is 5.75 Å². The third-order valence-electron chi connectivity index (χ3n) is 3.61. The molecule has 1 aromatic heterocycles. The van der Waals surface area contributed by atoms with Crippen LogP contribution in [0.3, 0.4) is 0 Å². The number of methoxy groups -OCH3 is 1. The van der Waals surface area contributed by atoms with E-state index in [-0.39, 0.29) is 6.10 Å². The molecule has 0 radical (unpaired) electrons. The first-order chi connectivity index (χ1) is 10.3. The number of aromatic nitrogens is 2. The lowest BCUT2D eigenvalue weighted by atomic mass is 10.1. The normalized spacial score (nSPS) is 18.5. The summed E-state index contributed by atoms with van der Waals surface area (Å²) in [5.41, 5.74) is 1.22. The zero-order valence-corrected chi connectivity index (χ0v) is 12.1. The van der Waals surface area contributed by atoms with Crippen molar-refractivity contribution in [1.82, 2.24) is 9.97 Å². The van der Waals surface area contributed by atoms with Crippen LogP contribution in [0, 0.1) is 0 Å². The van der Waals surface area contributed by atoms with Crippen molar-refractivity contribution in [2.24, 2.45) is 0 Å². The highest BCUT2D eigenvalue weighted by Crippen LogP contribution is 2.19. The molecule has 110 valence electrons. The molecule has 0 amide bonds. The van der Waals surface area contributed by atoms with Gasteiger partial charge < -0.3 is 14.4 Å². The van der Waals surface area contributed by atoms with Crippen molar-refractivity contribution in [3.63, 3.8) is 0 Å². The summed E-state index contributed by atoms with van der Waals surface area (Å²) in [5, 5.41) is 0. The molecular weight excluding hydrogens is 266 g/mol. The molecule has 2 aromatic rings. The topological polar surface area (TPSA) is 47.5 Å². The van der Waals surface area contributed by atoms with Crippen LogP contribution in [-0.2, 0) is 11.2 Å². The number of morpholine rings is 1. The van der Waals surface area contributed by atoms with Gasteiger partial charge in [0.1, 0.15) is 11.6 Å². The lowest BCUT2D eigenvalue weighted by Crippen LogP contribution is -2.43. The molecule has 1 unspecified atom stereocenters. The van der Waals surface area contributed by atoms with Crippen LogP contribution in [-0.4, -0.2) is 42.9 Å². The van der Waals surface area contributed by atoms with Gasteiger partial charge in [-0.3, -0.25) is 4.98 Å². The van der Waals surface area contributed by atoms with E-state index in [1.807, 2.05) is 12.1 Å². The van der Waals surface area contributed by atoms with Crippen LogP contribution in [0.15, 0.2) is 42.9 Å². The molecule has 0 saturated carbocycles. The van der Waals surface area contributed by atoms with Crippen molar-refractivity contribution in [2.45, 2.75) is 12.5 Å². The molecule has 0 N–H and O–H groups in total. The summed E-state index contributed by atoms with van der Waals surface area (Å²) in [6, 6.07) is 8.13. The van der Waals surface area contributed by atoms with Crippen LogP contribution >= 0.6 is 0 Å². The lowest BCUT2D eigenvalue weighted by Gasteiger charge is -2.33. The van der Waals surface area contributed by atoms with Gasteiger partial charge in [-0.05, 0) is 17.7 Å². The summed E-state index contributed by atoms with van der Waals surface area (Å²) in [7, 11) is 1.69. The van der Waals surface area contributed by atoms with E-state index in [4.69, 9.17) is 9.47 Å². The highest BCUT2D eigenvalue weighted by atomic mass is 16.5. The van der Waals surface area contributed by atoms with Crippen molar-refractivity contribution in [2.75, 3.05) is 31.7 Å². The Morgan fingerprint density at radius 3 is 3.14 bits per heavy atom. The Kier molecular flexibility index (Phi) is 4.31. The van der Waals surface area contributed by atoms with Crippen LogP contribution in [0.25, 0.3) is 0 Å². The summed E-state index contributed by atoms with van der Waals surface area (Å²) in [4.78, 5) is 10.7. The van der Waals surface area contributed by atoms with Crippen molar-refractivity contribution in [1.29, 1.82) is 0 Å². The van der Waals surface area contributed by atoms with E-state index in [0.29, 0.717) is 6.61 Å². The first-order valence-corrected chi connectivity index (χ1v) is 7.10. The van der Waals surface area contributed by atoms with E-state index >= 15 is 0 Å². The predicted octanol–water partition coefficient (Wildman–Crippen LogP) is 1.93. The van der Waals surface area contributed by atoms with E-state index < -0.39 is 0 Å². The Morgan fingerprint density at radius 1 is 1.38 bits per heavy atom. The molecule has 0 aliphatic carbocycles. The number of hydrogen-bond acceptors (Lipinski definition) is 5. The van der Waals surface area contributed by atoms with Gasteiger partial charge in [0.05, 0.1) is 26.0 Å². The zero-order chi connectivity index (χ0) is 14.5. The second-order valence-electron chi connectivity index (χ2n) is 5.06. The third-order valence-corrected chi connectivity index (χ3v) is 3.61. The number of hydrogen-bond donors (Lipinski definition) is 0. The standard InChI is InChI=1S/C16H19N3O2/c1-20-14-4-2-3-13(9-14)10-15-12-19(7-8-21-15)16-11-17-5-6-18-16/h2-6,9,11,15H,7-8,10,12H2,1H3. The molecule has 0 bridgehead atoms. The molecule has 5 heteroatoms. The van der Waals surface area contributed by atoms with Crippen LogP contribution in [0.5, 0.6) is 5.75 Å². The van der Waals surface area contributed by atoms with Gasteiger partial charge in [-0.15, -0.1) is 0 Å². The van der Waals surface area contributed by atoms with E-state index in [1.54, 1.807) is 25.7 Å². The predicted molar refractivity (Wildman–Crippen MR) is 80.7 cm³/mol. The van der Waals surface area contributed by atoms with Crippen LogP contribution < -0.4 is 9.64 Å². The molecule has 3 rings (SSSR count). The lowest BCUT2D eigenvalue weighted by molar-refractivity contribution is 0.0408. The van der Waals surface area contributed by atoms with Crippen molar-refractivity contribution in [3.05, 3.63) is 48.4 Å². The molecule has 1 aromatic carbocycles. The van der Waals surface area contributed by atoms with Gasteiger partial charge in [0.25, 0.3) is 0 Å². The van der Waals surface area contributed by atoms with E-state index in [9.17, 15) is 0 Å².